The Hall–Kier alpha value is -2.44. The molecule has 0 aliphatic carbocycles. The van der Waals surface area contributed by atoms with Gasteiger partial charge < -0.3 is 9.64 Å². The van der Waals surface area contributed by atoms with E-state index >= 15 is 0 Å². The highest BCUT2D eigenvalue weighted by Crippen LogP contribution is 2.42. The molecule has 1 aromatic heterocycles. The molecule has 1 fully saturated rings. The standard InChI is InChI=1S/C24H32N4O2/c1-26(2)22(29)17-27-13-10-24(11-14-27)18-28(15-19-7-4-5-9-21(19)24)16-20-8-6-12-25-23(20)30-3/h4-9,12H,10-11,13-18H2,1-3H3. The van der Waals surface area contributed by atoms with Gasteiger partial charge in [-0.15, -0.1) is 0 Å². The lowest BCUT2D eigenvalue weighted by Gasteiger charge is -2.48. The molecule has 1 amide bonds. The third kappa shape index (κ3) is 4.20. The van der Waals surface area contributed by atoms with E-state index in [1.54, 1.807) is 18.2 Å². The van der Waals surface area contributed by atoms with E-state index in [0.717, 1.165) is 51.1 Å². The molecule has 3 heterocycles. The fraction of sp³-hybridized carbons (Fsp3) is 0.500. The number of aromatic nitrogens is 1. The molecule has 6 heteroatoms. The van der Waals surface area contributed by atoms with E-state index in [1.165, 1.54) is 11.1 Å². The molecule has 1 saturated heterocycles. The number of likely N-dealkylation sites (N-methyl/N-ethyl adjacent to an activating group) is 1. The topological polar surface area (TPSA) is 48.9 Å². The Kier molecular flexibility index (Phi) is 6.06. The Labute approximate surface area is 179 Å². The summed E-state index contributed by atoms with van der Waals surface area (Å²) in [4.78, 5) is 23.0. The number of nitrogens with zero attached hydrogens (tertiary/aromatic N) is 4. The van der Waals surface area contributed by atoms with Crippen LogP contribution in [0.15, 0.2) is 42.6 Å². The SMILES string of the molecule is COc1ncccc1CN1Cc2ccccc2C2(CCN(CC(=O)N(C)C)CC2)C1. The first-order chi connectivity index (χ1) is 14.5. The van der Waals surface area contributed by atoms with Gasteiger partial charge in [0.2, 0.25) is 11.8 Å². The number of hydrogen-bond acceptors (Lipinski definition) is 5. The maximum atomic E-state index is 12.2. The molecule has 0 unspecified atom stereocenters. The largest absolute Gasteiger partial charge is 0.481 e. The van der Waals surface area contributed by atoms with E-state index in [9.17, 15) is 4.79 Å². The van der Waals surface area contributed by atoms with Crippen molar-refractivity contribution in [3.8, 4) is 5.88 Å². The van der Waals surface area contributed by atoms with E-state index < -0.39 is 0 Å². The highest BCUT2D eigenvalue weighted by atomic mass is 16.5. The minimum atomic E-state index is 0.141. The first-order valence-electron chi connectivity index (χ1n) is 10.7. The van der Waals surface area contributed by atoms with E-state index in [1.807, 2.05) is 20.2 Å². The fourth-order valence-corrected chi connectivity index (χ4v) is 4.97. The molecule has 4 rings (SSSR count). The number of piperidine rings is 1. The van der Waals surface area contributed by atoms with Gasteiger partial charge in [-0.3, -0.25) is 14.6 Å². The smallest absolute Gasteiger partial charge is 0.236 e. The van der Waals surface area contributed by atoms with Crippen molar-refractivity contribution in [1.29, 1.82) is 0 Å². The Morgan fingerprint density at radius 2 is 1.90 bits per heavy atom. The number of pyridine rings is 1. The van der Waals surface area contributed by atoms with Crippen LogP contribution in [0.5, 0.6) is 5.88 Å². The van der Waals surface area contributed by atoms with E-state index in [2.05, 4.69) is 45.1 Å². The molecule has 2 aromatic rings. The third-order valence-electron chi connectivity index (χ3n) is 6.62. The highest BCUT2D eigenvalue weighted by Gasteiger charge is 2.42. The van der Waals surface area contributed by atoms with Crippen LogP contribution in [-0.4, -0.2) is 73.0 Å². The van der Waals surface area contributed by atoms with Crippen molar-refractivity contribution in [2.24, 2.45) is 0 Å². The summed E-state index contributed by atoms with van der Waals surface area (Å²) in [5.41, 5.74) is 4.19. The van der Waals surface area contributed by atoms with Gasteiger partial charge in [0.25, 0.3) is 0 Å². The van der Waals surface area contributed by atoms with Crippen molar-refractivity contribution >= 4 is 5.91 Å². The van der Waals surface area contributed by atoms with Crippen molar-refractivity contribution in [3.63, 3.8) is 0 Å². The van der Waals surface area contributed by atoms with Crippen molar-refractivity contribution < 1.29 is 9.53 Å². The van der Waals surface area contributed by atoms with Crippen LogP contribution in [0.25, 0.3) is 0 Å². The molecule has 160 valence electrons. The summed E-state index contributed by atoms with van der Waals surface area (Å²) in [6.07, 6.45) is 3.93. The average Bonchev–Trinajstić information content (AvgIpc) is 2.76. The number of likely N-dealkylation sites (tertiary alicyclic amines) is 1. The Balaban J connectivity index is 1.53. The molecular weight excluding hydrogens is 376 g/mol. The van der Waals surface area contributed by atoms with Crippen LogP contribution in [0.2, 0.25) is 0 Å². The second-order valence-corrected chi connectivity index (χ2v) is 8.82. The number of methoxy groups -OCH3 is 1. The summed E-state index contributed by atoms with van der Waals surface area (Å²) in [6.45, 7) is 5.23. The molecule has 2 aliphatic heterocycles. The zero-order valence-electron chi connectivity index (χ0n) is 18.3. The van der Waals surface area contributed by atoms with Gasteiger partial charge >= 0.3 is 0 Å². The predicted octanol–water partition coefficient (Wildman–Crippen LogP) is 2.53. The number of carbonyl (C=O) groups is 1. The first kappa shape index (κ1) is 20.8. The lowest BCUT2D eigenvalue weighted by molar-refractivity contribution is -0.130. The molecule has 0 atom stereocenters. The lowest BCUT2D eigenvalue weighted by atomic mass is 9.68. The summed E-state index contributed by atoms with van der Waals surface area (Å²) < 4.78 is 5.48. The van der Waals surface area contributed by atoms with Crippen molar-refractivity contribution in [3.05, 3.63) is 59.3 Å². The summed E-state index contributed by atoms with van der Waals surface area (Å²) in [5, 5.41) is 0. The maximum absolute atomic E-state index is 12.2. The van der Waals surface area contributed by atoms with Gasteiger partial charge in [0.15, 0.2) is 0 Å². The number of amides is 1. The van der Waals surface area contributed by atoms with Gasteiger partial charge in [-0.2, -0.15) is 0 Å². The first-order valence-corrected chi connectivity index (χ1v) is 10.7. The number of carbonyl (C=O) groups excluding carboxylic acids is 1. The van der Waals surface area contributed by atoms with Gasteiger partial charge in [0, 0.05) is 50.9 Å². The van der Waals surface area contributed by atoms with Crippen LogP contribution in [0, 0.1) is 0 Å². The van der Waals surface area contributed by atoms with Gasteiger partial charge in [0.1, 0.15) is 0 Å². The molecular formula is C24H32N4O2. The minimum Gasteiger partial charge on any atom is -0.481 e. The zero-order valence-corrected chi connectivity index (χ0v) is 18.3. The van der Waals surface area contributed by atoms with Crippen LogP contribution >= 0.6 is 0 Å². The molecule has 0 saturated carbocycles. The number of hydrogen-bond donors (Lipinski definition) is 0. The Bertz CT molecular complexity index is 890. The van der Waals surface area contributed by atoms with Crippen LogP contribution < -0.4 is 4.74 Å². The van der Waals surface area contributed by atoms with Gasteiger partial charge in [0.05, 0.1) is 13.7 Å². The second kappa shape index (κ2) is 8.74. The molecule has 0 N–H and O–H groups in total. The van der Waals surface area contributed by atoms with E-state index in [-0.39, 0.29) is 11.3 Å². The van der Waals surface area contributed by atoms with Crippen molar-refractivity contribution in [2.45, 2.75) is 31.3 Å². The van der Waals surface area contributed by atoms with Gasteiger partial charge in [-0.05, 0) is 43.1 Å². The van der Waals surface area contributed by atoms with E-state index in [4.69, 9.17) is 4.74 Å². The number of fused-ring (bicyclic) bond motifs is 2. The fourth-order valence-electron chi connectivity index (χ4n) is 4.97. The molecule has 1 aromatic carbocycles. The molecule has 2 aliphatic rings. The van der Waals surface area contributed by atoms with Crippen LogP contribution in [0.1, 0.15) is 29.5 Å². The molecule has 0 bridgehead atoms. The second-order valence-electron chi connectivity index (χ2n) is 8.82. The van der Waals surface area contributed by atoms with E-state index in [0.29, 0.717) is 12.4 Å². The highest BCUT2D eigenvalue weighted by molar-refractivity contribution is 5.77. The average molecular weight is 409 g/mol. The maximum Gasteiger partial charge on any atom is 0.236 e. The molecule has 0 radical (unpaired) electrons. The van der Waals surface area contributed by atoms with Crippen LogP contribution in [0.3, 0.4) is 0 Å². The summed E-state index contributed by atoms with van der Waals surface area (Å²) >= 11 is 0. The lowest BCUT2D eigenvalue weighted by Crippen LogP contribution is -2.52. The summed E-state index contributed by atoms with van der Waals surface area (Å²) in [6, 6.07) is 13.0. The molecule has 30 heavy (non-hydrogen) atoms. The van der Waals surface area contributed by atoms with Crippen LogP contribution in [-0.2, 0) is 23.3 Å². The van der Waals surface area contributed by atoms with Crippen LogP contribution in [0.4, 0.5) is 0 Å². The van der Waals surface area contributed by atoms with Gasteiger partial charge in [-0.1, -0.05) is 30.3 Å². The minimum absolute atomic E-state index is 0.141. The summed E-state index contributed by atoms with van der Waals surface area (Å²) in [5.74, 6) is 0.891. The van der Waals surface area contributed by atoms with Gasteiger partial charge in [-0.25, -0.2) is 4.98 Å². The van der Waals surface area contributed by atoms with Crippen molar-refractivity contribution in [1.82, 2.24) is 19.7 Å². The quantitative estimate of drug-likeness (QED) is 0.761. The molecule has 1 spiro atoms. The monoisotopic (exact) mass is 408 g/mol. The molecule has 6 nitrogen and oxygen atoms in total. The zero-order chi connectivity index (χ0) is 21.1. The number of ether oxygens (including phenoxy) is 1. The predicted molar refractivity (Wildman–Crippen MR) is 117 cm³/mol. The normalized spacial score (nSPS) is 18.8. The summed E-state index contributed by atoms with van der Waals surface area (Å²) in [7, 11) is 5.34. The Morgan fingerprint density at radius 3 is 2.63 bits per heavy atom. The number of rotatable bonds is 5. The third-order valence-corrected chi connectivity index (χ3v) is 6.62. The Morgan fingerprint density at radius 1 is 1.13 bits per heavy atom. The van der Waals surface area contributed by atoms with Crippen molar-refractivity contribution in [2.75, 3.05) is 47.4 Å². The number of benzene rings is 1.